The number of rotatable bonds is 6. The predicted molar refractivity (Wildman–Crippen MR) is 91.4 cm³/mol. The zero-order valence-corrected chi connectivity index (χ0v) is 16.0. The van der Waals surface area contributed by atoms with Gasteiger partial charge in [-0.2, -0.15) is 18.2 Å². The smallest absolute Gasteiger partial charge is 0.275 e. The molecule has 0 bridgehead atoms. The first kappa shape index (κ1) is 21.9. The van der Waals surface area contributed by atoms with Crippen LogP contribution in [0.2, 0.25) is 5.15 Å². The number of imide groups is 1. The van der Waals surface area contributed by atoms with Crippen LogP contribution in [0.1, 0.15) is 25.3 Å². The molecule has 8 nitrogen and oxygen atoms in total. The summed E-state index contributed by atoms with van der Waals surface area (Å²) >= 11 is 5.54. The van der Waals surface area contributed by atoms with Crippen LogP contribution in [0.3, 0.4) is 0 Å². The third kappa shape index (κ3) is 4.53. The monoisotopic (exact) mass is 422 g/mol. The van der Waals surface area contributed by atoms with E-state index < -0.39 is 40.5 Å². The number of nitrogens with one attached hydrogen (secondary N) is 1. The number of aromatic nitrogens is 1. The molecular formula is C16H18ClF3N4O4. The molecule has 3 amide bonds. The summed E-state index contributed by atoms with van der Waals surface area (Å²) in [5, 5.41) is 0.886. The second kappa shape index (κ2) is 8.31. The number of anilines is 1. The number of pyridine rings is 1. The first-order valence-electron chi connectivity index (χ1n) is 8.16. The Morgan fingerprint density at radius 2 is 2.00 bits per heavy atom. The van der Waals surface area contributed by atoms with Crippen molar-refractivity contribution >= 4 is 35.1 Å². The summed E-state index contributed by atoms with van der Waals surface area (Å²) in [6, 6.07) is 1.66. The molecule has 12 heteroatoms. The number of carbonyl (C=O) groups is 3. The molecule has 2 unspecified atom stereocenters. The van der Waals surface area contributed by atoms with Crippen LogP contribution in [0.25, 0.3) is 0 Å². The Bertz CT molecular complexity index is 790. The van der Waals surface area contributed by atoms with E-state index in [2.05, 4.69) is 10.4 Å². The van der Waals surface area contributed by atoms with Crippen LogP contribution < -0.4 is 5.43 Å². The van der Waals surface area contributed by atoms with Gasteiger partial charge in [0, 0.05) is 19.4 Å². The number of alkyl halides is 3. The number of hydrogen-bond acceptors (Lipinski definition) is 6. The topological polar surface area (TPSA) is 91.8 Å². The van der Waals surface area contributed by atoms with E-state index in [1.54, 1.807) is 0 Å². The van der Waals surface area contributed by atoms with E-state index in [4.69, 9.17) is 16.4 Å². The number of carbonyl (C=O) groups excluding carboxylic acids is 3. The van der Waals surface area contributed by atoms with E-state index in [0.29, 0.717) is 11.1 Å². The summed E-state index contributed by atoms with van der Waals surface area (Å²) in [6.07, 6.45) is -4.59. The molecule has 2 heterocycles. The van der Waals surface area contributed by atoms with Crippen molar-refractivity contribution in [1.82, 2.24) is 15.1 Å². The van der Waals surface area contributed by atoms with E-state index in [1.165, 1.54) is 21.1 Å². The van der Waals surface area contributed by atoms with Crippen LogP contribution in [-0.4, -0.2) is 46.9 Å². The molecule has 1 aliphatic rings. The SMILES string of the molecule is CON(C)C(=O)CCC1C(=O)N(Nc2ccc(C(F)(F)F)c(Cl)n2)C(=O)C1C. The van der Waals surface area contributed by atoms with Crippen molar-refractivity contribution in [2.45, 2.75) is 25.9 Å². The molecule has 1 saturated heterocycles. The fourth-order valence-electron chi connectivity index (χ4n) is 2.71. The number of hydrazine groups is 1. The molecule has 2 rings (SSSR count). The Hall–Kier alpha value is -2.40. The van der Waals surface area contributed by atoms with E-state index in [-0.39, 0.29) is 24.6 Å². The lowest BCUT2D eigenvalue weighted by Crippen LogP contribution is -2.37. The number of halogens is 4. The molecule has 0 spiro atoms. The number of nitrogens with zero attached hydrogens (tertiary/aromatic N) is 3. The van der Waals surface area contributed by atoms with Gasteiger partial charge in [0.15, 0.2) is 0 Å². The van der Waals surface area contributed by atoms with Crippen molar-refractivity contribution in [2.75, 3.05) is 19.6 Å². The van der Waals surface area contributed by atoms with Crippen molar-refractivity contribution in [1.29, 1.82) is 0 Å². The van der Waals surface area contributed by atoms with Gasteiger partial charge in [0.25, 0.3) is 11.8 Å². The Morgan fingerprint density at radius 1 is 1.36 bits per heavy atom. The van der Waals surface area contributed by atoms with Gasteiger partial charge in [-0.1, -0.05) is 18.5 Å². The number of amides is 3. The van der Waals surface area contributed by atoms with Crippen LogP contribution in [0, 0.1) is 11.8 Å². The lowest BCUT2D eigenvalue weighted by Gasteiger charge is -2.18. The molecule has 1 aromatic heterocycles. The standard InChI is InChI=1S/C16H18ClF3N4O4/c1-8-9(4-7-12(25)23(2)28-3)15(27)24(14(8)26)22-11-6-5-10(13(17)21-11)16(18,19)20/h5-6,8-9H,4,7H2,1-3H3,(H,21,22). The van der Waals surface area contributed by atoms with E-state index in [9.17, 15) is 27.6 Å². The molecule has 0 aromatic carbocycles. The van der Waals surface area contributed by atoms with Gasteiger partial charge in [0.05, 0.1) is 18.6 Å². The zero-order chi connectivity index (χ0) is 21.2. The molecule has 0 aliphatic carbocycles. The van der Waals surface area contributed by atoms with Gasteiger partial charge in [0.1, 0.15) is 11.0 Å². The molecule has 28 heavy (non-hydrogen) atoms. The van der Waals surface area contributed by atoms with Crippen molar-refractivity contribution in [2.24, 2.45) is 11.8 Å². The van der Waals surface area contributed by atoms with Gasteiger partial charge >= 0.3 is 6.18 Å². The number of hydrogen-bond donors (Lipinski definition) is 1. The van der Waals surface area contributed by atoms with E-state index >= 15 is 0 Å². The summed E-state index contributed by atoms with van der Waals surface area (Å²) in [4.78, 5) is 45.0. The van der Waals surface area contributed by atoms with Crippen LogP contribution >= 0.6 is 11.6 Å². The first-order valence-corrected chi connectivity index (χ1v) is 8.54. The summed E-state index contributed by atoms with van der Waals surface area (Å²) in [7, 11) is 2.74. The summed E-state index contributed by atoms with van der Waals surface area (Å²) in [6.45, 7) is 1.53. The Labute approximate surface area is 163 Å². The highest BCUT2D eigenvalue weighted by atomic mass is 35.5. The molecule has 2 atom stereocenters. The average Bonchev–Trinajstić information content (AvgIpc) is 2.81. The maximum Gasteiger partial charge on any atom is 0.419 e. The lowest BCUT2D eigenvalue weighted by atomic mass is 9.92. The van der Waals surface area contributed by atoms with Gasteiger partial charge in [-0.15, -0.1) is 0 Å². The average molecular weight is 423 g/mol. The third-order valence-electron chi connectivity index (χ3n) is 4.43. The minimum absolute atomic E-state index is 0.0173. The summed E-state index contributed by atoms with van der Waals surface area (Å²) < 4.78 is 38.2. The quantitative estimate of drug-likeness (QED) is 0.430. The maximum atomic E-state index is 12.7. The van der Waals surface area contributed by atoms with Gasteiger partial charge < -0.3 is 0 Å². The van der Waals surface area contributed by atoms with Crippen molar-refractivity contribution in [3.05, 3.63) is 22.8 Å². The van der Waals surface area contributed by atoms with Crippen molar-refractivity contribution < 1.29 is 32.4 Å². The Balaban J connectivity index is 2.11. The molecule has 1 aromatic rings. The van der Waals surface area contributed by atoms with Crippen LogP contribution in [0.5, 0.6) is 0 Å². The van der Waals surface area contributed by atoms with E-state index in [0.717, 1.165) is 11.1 Å². The first-order chi connectivity index (χ1) is 13.0. The Morgan fingerprint density at radius 3 is 2.54 bits per heavy atom. The molecular weight excluding hydrogens is 405 g/mol. The molecule has 1 fully saturated rings. The summed E-state index contributed by atoms with van der Waals surface area (Å²) in [5.41, 5.74) is 1.26. The second-order valence-corrected chi connectivity index (χ2v) is 6.52. The third-order valence-corrected chi connectivity index (χ3v) is 4.71. The largest absolute Gasteiger partial charge is 0.419 e. The number of hydroxylamine groups is 2. The maximum absolute atomic E-state index is 12.7. The van der Waals surface area contributed by atoms with Crippen LogP contribution in [0.4, 0.5) is 19.0 Å². The van der Waals surface area contributed by atoms with Crippen molar-refractivity contribution in [3.63, 3.8) is 0 Å². The van der Waals surface area contributed by atoms with E-state index in [1.807, 2.05) is 0 Å². The molecule has 1 aliphatic heterocycles. The Kier molecular flexibility index (Phi) is 6.50. The summed E-state index contributed by atoms with van der Waals surface area (Å²) in [5.74, 6) is -3.23. The highest BCUT2D eigenvalue weighted by Crippen LogP contribution is 2.35. The second-order valence-electron chi connectivity index (χ2n) is 6.16. The highest BCUT2D eigenvalue weighted by molar-refractivity contribution is 6.30. The van der Waals surface area contributed by atoms with Gasteiger partial charge in [-0.3, -0.25) is 24.6 Å². The molecule has 1 N–H and O–H groups in total. The fourth-order valence-corrected chi connectivity index (χ4v) is 2.97. The van der Waals surface area contributed by atoms with Gasteiger partial charge in [-0.25, -0.2) is 10.0 Å². The van der Waals surface area contributed by atoms with Crippen LogP contribution in [-0.2, 0) is 25.4 Å². The van der Waals surface area contributed by atoms with Gasteiger partial charge in [-0.05, 0) is 18.6 Å². The van der Waals surface area contributed by atoms with Gasteiger partial charge in [0.2, 0.25) is 5.91 Å². The molecule has 0 saturated carbocycles. The molecule has 0 radical (unpaired) electrons. The lowest BCUT2D eigenvalue weighted by molar-refractivity contribution is -0.169. The predicted octanol–water partition coefficient (Wildman–Crippen LogP) is 2.50. The van der Waals surface area contributed by atoms with Crippen LogP contribution in [0.15, 0.2) is 12.1 Å². The fraction of sp³-hybridized carbons (Fsp3) is 0.500. The normalized spacial score (nSPS) is 19.9. The molecule has 154 valence electrons. The van der Waals surface area contributed by atoms with Crippen molar-refractivity contribution in [3.8, 4) is 0 Å². The highest BCUT2D eigenvalue weighted by Gasteiger charge is 2.45. The zero-order valence-electron chi connectivity index (χ0n) is 15.2. The minimum Gasteiger partial charge on any atom is -0.275 e. The minimum atomic E-state index is -4.68.